The van der Waals surface area contributed by atoms with E-state index in [-0.39, 0.29) is 0 Å². The van der Waals surface area contributed by atoms with Gasteiger partial charge in [0.1, 0.15) is 5.82 Å². The van der Waals surface area contributed by atoms with Gasteiger partial charge in [0.2, 0.25) is 0 Å². The first kappa shape index (κ1) is 15.0. The van der Waals surface area contributed by atoms with Gasteiger partial charge in [-0.05, 0) is 19.4 Å². The van der Waals surface area contributed by atoms with Crippen molar-refractivity contribution >= 4 is 0 Å². The van der Waals surface area contributed by atoms with Crippen molar-refractivity contribution in [2.24, 2.45) is 0 Å². The Morgan fingerprint density at radius 3 is 2.64 bits per heavy atom. The van der Waals surface area contributed by atoms with E-state index in [1.54, 1.807) is 12.4 Å². The Kier molecular flexibility index (Phi) is 4.73. The van der Waals surface area contributed by atoms with Gasteiger partial charge in [0, 0.05) is 61.5 Å². The van der Waals surface area contributed by atoms with Crippen molar-refractivity contribution in [3.05, 3.63) is 48.1 Å². The van der Waals surface area contributed by atoms with Crippen molar-refractivity contribution in [1.82, 2.24) is 24.8 Å². The fraction of sp³-hybridized carbons (Fsp3) is 0.529. The van der Waals surface area contributed by atoms with Crippen molar-refractivity contribution in [2.45, 2.75) is 45.1 Å². The van der Waals surface area contributed by atoms with Gasteiger partial charge in [0.15, 0.2) is 0 Å². The van der Waals surface area contributed by atoms with Gasteiger partial charge in [-0.1, -0.05) is 13.8 Å². The Hall–Kier alpha value is -1.88. The summed E-state index contributed by atoms with van der Waals surface area (Å²) in [5, 5.41) is 0. The highest BCUT2D eigenvalue weighted by atomic mass is 15.1. The van der Waals surface area contributed by atoms with Crippen LogP contribution in [-0.2, 0) is 6.54 Å². The minimum Gasteiger partial charge on any atom is -0.298 e. The molecule has 0 aromatic carbocycles. The van der Waals surface area contributed by atoms with Crippen LogP contribution in [0.25, 0.3) is 0 Å². The lowest BCUT2D eigenvalue weighted by molar-refractivity contribution is 0.198. The average molecular weight is 297 g/mol. The molecule has 2 aromatic rings. The molecule has 2 aromatic heterocycles. The molecule has 1 saturated heterocycles. The summed E-state index contributed by atoms with van der Waals surface area (Å²) < 4.78 is 0. The Morgan fingerprint density at radius 1 is 1.14 bits per heavy atom. The second-order valence-corrected chi connectivity index (χ2v) is 6.31. The molecule has 0 spiro atoms. The third kappa shape index (κ3) is 3.65. The topological polar surface area (TPSA) is 54.8 Å². The maximum Gasteiger partial charge on any atom is 0.130 e. The van der Waals surface area contributed by atoms with E-state index in [1.807, 2.05) is 18.6 Å². The highest BCUT2D eigenvalue weighted by Crippen LogP contribution is 2.25. The van der Waals surface area contributed by atoms with E-state index < -0.39 is 0 Å². The van der Waals surface area contributed by atoms with Crippen LogP contribution in [0.2, 0.25) is 0 Å². The SMILES string of the molecule is CC(C)c1ncc(CN2CCCC(c3cnccn3)C2)cn1. The van der Waals surface area contributed by atoms with E-state index in [0.29, 0.717) is 11.8 Å². The molecule has 5 heteroatoms. The van der Waals surface area contributed by atoms with Gasteiger partial charge in [-0.3, -0.25) is 14.9 Å². The van der Waals surface area contributed by atoms with Gasteiger partial charge in [0.25, 0.3) is 0 Å². The fourth-order valence-corrected chi connectivity index (χ4v) is 2.96. The summed E-state index contributed by atoms with van der Waals surface area (Å²) in [5.74, 6) is 1.78. The van der Waals surface area contributed by atoms with Crippen LogP contribution in [0.5, 0.6) is 0 Å². The van der Waals surface area contributed by atoms with E-state index in [4.69, 9.17) is 0 Å². The number of hydrogen-bond donors (Lipinski definition) is 0. The van der Waals surface area contributed by atoms with Gasteiger partial charge in [-0.15, -0.1) is 0 Å². The number of piperidine rings is 1. The van der Waals surface area contributed by atoms with Crippen molar-refractivity contribution < 1.29 is 0 Å². The van der Waals surface area contributed by atoms with Crippen LogP contribution < -0.4 is 0 Å². The van der Waals surface area contributed by atoms with E-state index >= 15 is 0 Å². The van der Waals surface area contributed by atoms with E-state index in [9.17, 15) is 0 Å². The first-order chi connectivity index (χ1) is 10.7. The van der Waals surface area contributed by atoms with Crippen LogP contribution in [0.1, 0.15) is 55.6 Å². The normalized spacial score (nSPS) is 19.5. The predicted molar refractivity (Wildman–Crippen MR) is 85.4 cm³/mol. The van der Waals surface area contributed by atoms with Crippen LogP contribution in [-0.4, -0.2) is 37.9 Å². The summed E-state index contributed by atoms with van der Waals surface area (Å²) in [5.41, 5.74) is 2.29. The average Bonchev–Trinajstić information content (AvgIpc) is 2.56. The second kappa shape index (κ2) is 6.92. The largest absolute Gasteiger partial charge is 0.298 e. The minimum absolute atomic E-state index is 0.380. The fourth-order valence-electron chi connectivity index (χ4n) is 2.96. The monoisotopic (exact) mass is 297 g/mol. The standard InChI is InChI=1S/C17H23N5/c1-13(2)17-20-8-14(9-21-17)11-22-7-3-4-15(12-22)16-10-18-5-6-19-16/h5-6,8-10,13,15H,3-4,7,11-12H2,1-2H3. The summed E-state index contributed by atoms with van der Waals surface area (Å²) in [6.45, 7) is 7.30. The van der Waals surface area contributed by atoms with E-state index in [2.05, 4.69) is 38.7 Å². The van der Waals surface area contributed by atoms with Gasteiger partial charge >= 0.3 is 0 Å². The zero-order valence-corrected chi connectivity index (χ0v) is 13.3. The number of nitrogens with zero attached hydrogens (tertiary/aromatic N) is 5. The molecule has 0 radical (unpaired) electrons. The molecule has 3 rings (SSSR count). The van der Waals surface area contributed by atoms with Gasteiger partial charge in [-0.2, -0.15) is 0 Å². The molecule has 1 aliphatic rings. The first-order valence-corrected chi connectivity index (χ1v) is 8.01. The molecule has 0 aliphatic carbocycles. The highest BCUT2D eigenvalue weighted by Gasteiger charge is 2.22. The molecule has 0 amide bonds. The van der Waals surface area contributed by atoms with Gasteiger partial charge in [0.05, 0.1) is 5.69 Å². The highest BCUT2D eigenvalue weighted by molar-refractivity contribution is 5.09. The Bertz CT molecular complexity index is 582. The lowest BCUT2D eigenvalue weighted by Gasteiger charge is -2.32. The summed E-state index contributed by atoms with van der Waals surface area (Å²) in [6, 6.07) is 0. The molecular formula is C17H23N5. The van der Waals surface area contributed by atoms with Crippen molar-refractivity contribution in [2.75, 3.05) is 13.1 Å². The third-order valence-electron chi connectivity index (χ3n) is 4.15. The van der Waals surface area contributed by atoms with Gasteiger partial charge in [-0.25, -0.2) is 9.97 Å². The number of rotatable bonds is 4. The maximum atomic E-state index is 4.46. The Morgan fingerprint density at radius 2 is 1.95 bits per heavy atom. The molecule has 22 heavy (non-hydrogen) atoms. The molecule has 5 nitrogen and oxygen atoms in total. The molecular weight excluding hydrogens is 274 g/mol. The zero-order chi connectivity index (χ0) is 15.4. The zero-order valence-electron chi connectivity index (χ0n) is 13.3. The molecule has 1 aliphatic heterocycles. The predicted octanol–water partition coefficient (Wildman–Crippen LogP) is 2.77. The molecule has 1 fully saturated rings. The lowest BCUT2D eigenvalue weighted by Crippen LogP contribution is -2.34. The van der Waals surface area contributed by atoms with Crippen LogP contribution >= 0.6 is 0 Å². The van der Waals surface area contributed by atoms with Crippen molar-refractivity contribution in [3.63, 3.8) is 0 Å². The van der Waals surface area contributed by atoms with Crippen LogP contribution in [0.4, 0.5) is 0 Å². The molecule has 0 saturated carbocycles. The minimum atomic E-state index is 0.380. The quantitative estimate of drug-likeness (QED) is 0.868. The van der Waals surface area contributed by atoms with Crippen LogP contribution in [0.3, 0.4) is 0 Å². The Balaban J connectivity index is 1.63. The smallest absolute Gasteiger partial charge is 0.130 e. The van der Waals surface area contributed by atoms with Crippen molar-refractivity contribution in [1.29, 1.82) is 0 Å². The molecule has 1 unspecified atom stereocenters. The van der Waals surface area contributed by atoms with E-state index in [0.717, 1.165) is 31.2 Å². The van der Waals surface area contributed by atoms with E-state index in [1.165, 1.54) is 18.4 Å². The molecule has 0 bridgehead atoms. The number of aromatic nitrogens is 4. The molecule has 1 atom stereocenters. The number of likely N-dealkylation sites (tertiary alicyclic amines) is 1. The summed E-state index contributed by atoms with van der Waals surface area (Å²) in [6.07, 6.45) is 11.7. The molecule has 0 N–H and O–H groups in total. The van der Waals surface area contributed by atoms with Crippen LogP contribution in [0.15, 0.2) is 31.0 Å². The first-order valence-electron chi connectivity index (χ1n) is 8.01. The summed E-state index contributed by atoms with van der Waals surface area (Å²) >= 11 is 0. The second-order valence-electron chi connectivity index (χ2n) is 6.31. The lowest BCUT2D eigenvalue weighted by atomic mass is 9.95. The van der Waals surface area contributed by atoms with Gasteiger partial charge < -0.3 is 0 Å². The van der Waals surface area contributed by atoms with Crippen molar-refractivity contribution in [3.8, 4) is 0 Å². The van der Waals surface area contributed by atoms with Crippen LogP contribution in [0, 0.1) is 0 Å². The Labute approximate surface area is 131 Å². The summed E-state index contributed by atoms with van der Waals surface area (Å²) in [7, 11) is 0. The summed E-state index contributed by atoms with van der Waals surface area (Å²) in [4.78, 5) is 20.0. The third-order valence-corrected chi connectivity index (χ3v) is 4.15. The molecule has 3 heterocycles. The number of hydrogen-bond acceptors (Lipinski definition) is 5. The maximum absolute atomic E-state index is 4.46. The molecule has 116 valence electrons.